The maximum absolute atomic E-state index is 13.6. The Bertz CT molecular complexity index is 1530. The first kappa shape index (κ1) is 27.4. The van der Waals surface area contributed by atoms with Crippen LogP contribution >= 0.6 is 11.3 Å². The Morgan fingerprint density at radius 2 is 2.00 bits per heavy atom. The molecule has 3 aromatic rings. The van der Waals surface area contributed by atoms with Gasteiger partial charge in [-0.1, -0.05) is 30.4 Å². The number of esters is 1. The van der Waals surface area contributed by atoms with E-state index in [1.807, 2.05) is 13.8 Å². The van der Waals surface area contributed by atoms with Crippen molar-refractivity contribution in [2.45, 2.75) is 52.7 Å². The van der Waals surface area contributed by atoms with Gasteiger partial charge in [0.25, 0.3) is 5.78 Å². The number of ketones is 1. The maximum atomic E-state index is 13.6. The van der Waals surface area contributed by atoms with E-state index in [4.69, 9.17) is 14.2 Å². The number of aromatic nitrogens is 1. The van der Waals surface area contributed by atoms with Gasteiger partial charge in [0.1, 0.15) is 28.2 Å². The third kappa shape index (κ3) is 4.95. The van der Waals surface area contributed by atoms with Crippen LogP contribution in [0.15, 0.2) is 48.0 Å². The molecule has 1 fully saturated rings. The lowest BCUT2D eigenvalue weighted by atomic mass is 9.94. The summed E-state index contributed by atoms with van der Waals surface area (Å²) >= 11 is 0.968. The number of ether oxygens (including phenoxy) is 3. The van der Waals surface area contributed by atoms with Crippen molar-refractivity contribution < 1.29 is 33.7 Å². The van der Waals surface area contributed by atoms with Gasteiger partial charge in [-0.3, -0.25) is 14.5 Å². The average Bonchev–Trinajstić information content (AvgIpc) is 3.59. The SMILES string of the molecule is CCCOc1cccc([C@H]2C(=C(O)c3ccc4c(c3)C[C@@H](C)O4)C(=O)C(=O)N2c2nc(C)c(C(=O)OCC)s2)c1. The molecular formula is C30H30N2O7S. The number of rotatable bonds is 8. The van der Waals surface area contributed by atoms with Crippen molar-refractivity contribution in [1.82, 2.24) is 4.98 Å². The molecule has 1 N–H and O–H groups in total. The Kier molecular flexibility index (Phi) is 7.62. The number of thiazole rings is 1. The number of anilines is 1. The summed E-state index contributed by atoms with van der Waals surface area (Å²) < 4.78 is 16.7. The molecule has 0 bridgehead atoms. The van der Waals surface area contributed by atoms with E-state index in [0.29, 0.717) is 35.6 Å². The smallest absolute Gasteiger partial charge is 0.350 e. The molecule has 10 heteroatoms. The summed E-state index contributed by atoms with van der Waals surface area (Å²) in [6.07, 6.45) is 1.48. The zero-order valence-corrected chi connectivity index (χ0v) is 23.5. The number of aryl methyl sites for hydroxylation is 1. The molecule has 0 aliphatic carbocycles. The summed E-state index contributed by atoms with van der Waals surface area (Å²) in [4.78, 5) is 45.6. The fourth-order valence-corrected chi connectivity index (χ4v) is 5.92. The summed E-state index contributed by atoms with van der Waals surface area (Å²) in [5.74, 6) is -1.26. The number of Topliss-reactive ketones (excluding diaryl/α,β-unsaturated/α-hetero) is 1. The minimum atomic E-state index is -1.01. The van der Waals surface area contributed by atoms with Crippen molar-refractivity contribution in [2.24, 2.45) is 0 Å². The molecule has 2 aliphatic rings. The van der Waals surface area contributed by atoms with Gasteiger partial charge in [-0.2, -0.15) is 0 Å². The van der Waals surface area contributed by atoms with E-state index >= 15 is 0 Å². The highest BCUT2D eigenvalue weighted by Crippen LogP contribution is 2.45. The third-order valence-corrected chi connectivity index (χ3v) is 7.85. The van der Waals surface area contributed by atoms with Gasteiger partial charge in [-0.05, 0) is 68.7 Å². The second-order valence-corrected chi connectivity index (χ2v) is 10.7. The van der Waals surface area contributed by atoms with Gasteiger partial charge in [0.15, 0.2) is 5.13 Å². The zero-order valence-electron chi connectivity index (χ0n) is 22.7. The van der Waals surface area contributed by atoms with Crippen LogP contribution in [0, 0.1) is 6.92 Å². The van der Waals surface area contributed by atoms with Gasteiger partial charge < -0.3 is 19.3 Å². The van der Waals surface area contributed by atoms with Crippen molar-refractivity contribution in [3.8, 4) is 11.5 Å². The van der Waals surface area contributed by atoms with Crippen LogP contribution in [0.4, 0.5) is 5.13 Å². The molecule has 208 valence electrons. The first-order valence-corrected chi connectivity index (χ1v) is 14.0. The number of carbonyl (C=O) groups is 3. The molecule has 2 aliphatic heterocycles. The molecule has 5 rings (SSSR count). The van der Waals surface area contributed by atoms with Gasteiger partial charge in [0, 0.05) is 12.0 Å². The largest absolute Gasteiger partial charge is 0.507 e. The molecule has 1 saturated heterocycles. The summed E-state index contributed by atoms with van der Waals surface area (Å²) in [6, 6.07) is 11.3. The Morgan fingerprint density at radius 1 is 1.20 bits per heavy atom. The molecule has 0 unspecified atom stereocenters. The number of benzene rings is 2. The van der Waals surface area contributed by atoms with Crippen molar-refractivity contribution in [3.05, 3.63) is 75.3 Å². The number of fused-ring (bicyclic) bond motifs is 1. The topological polar surface area (TPSA) is 115 Å². The molecule has 0 saturated carbocycles. The van der Waals surface area contributed by atoms with Gasteiger partial charge in [0.05, 0.1) is 30.5 Å². The first-order chi connectivity index (χ1) is 19.2. The van der Waals surface area contributed by atoms with Crippen LogP contribution in [-0.4, -0.2) is 47.1 Å². The fraction of sp³-hybridized carbons (Fsp3) is 0.333. The van der Waals surface area contributed by atoms with Gasteiger partial charge in [-0.15, -0.1) is 0 Å². The highest BCUT2D eigenvalue weighted by molar-refractivity contribution is 7.17. The number of aliphatic hydroxyl groups excluding tert-OH is 1. The fourth-order valence-electron chi connectivity index (χ4n) is 4.94. The van der Waals surface area contributed by atoms with E-state index in [2.05, 4.69) is 4.98 Å². The third-order valence-electron chi connectivity index (χ3n) is 6.71. The number of hydrogen-bond acceptors (Lipinski definition) is 9. The number of aliphatic hydroxyl groups is 1. The molecule has 0 spiro atoms. The van der Waals surface area contributed by atoms with Crippen molar-refractivity contribution in [2.75, 3.05) is 18.1 Å². The molecule has 2 atom stereocenters. The lowest BCUT2D eigenvalue weighted by Crippen LogP contribution is -2.29. The minimum Gasteiger partial charge on any atom is -0.507 e. The molecule has 40 heavy (non-hydrogen) atoms. The van der Waals surface area contributed by atoms with E-state index in [0.717, 1.165) is 29.1 Å². The van der Waals surface area contributed by atoms with Crippen LogP contribution in [0.3, 0.4) is 0 Å². The Balaban J connectivity index is 1.66. The molecule has 3 heterocycles. The van der Waals surface area contributed by atoms with Crippen LogP contribution in [-0.2, 0) is 20.7 Å². The summed E-state index contributed by atoms with van der Waals surface area (Å²) in [7, 11) is 0. The van der Waals surface area contributed by atoms with Crippen molar-refractivity contribution >= 4 is 39.9 Å². The predicted octanol–water partition coefficient (Wildman–Crippen LogP) is 5.37. The maximum Gasteiger partial charge on any atom is 0.350 e. The van der Waals surface area contributed by atoms with Crippen LogP contribution in [0.5, 0.6) is 11.5 Å². The number of amides is 1. The van der Waals surface area contributed by atoms with Crippen molar-refractivity contribution in [1.29, 1.82) is 0 Å². The summed E-state index contributed by atoms with van der Waals surface area (Å²) in [6.45, 7) is 7.98. The van der Waals surface area contributed by atoms with Crippen LogP contribution in [0.25, 0.3) is 5.76 Å². The molecule has 9 nitrogen and oxygen atoms in total. The van der Waals surface area contributed by atoms with E-state index in [9.17, 15) is 19.5 Å². The standard InChI is InChI=1S/C30H30N2O7S/c1-5-12-38-21-9-7-8-18(15-21)24-23(25(33)19-10-11-22-20(14-19)13-16(3)39-22)26(34)28(35)32(24)30-31-17(4)27(40-30)29(36)37-6-2/h7-11,14-16,24,33H,5-6,12-13H2,1-4H3/t16-,24+/m1/s1. The van der Waals surface area contributed by atoms with Gasteiger partial charge >= 0.3 is 11.9 Å². The monoisotopic (exact) mass is 562 g/mol. The quantitative estimate of drug-likeness (QED) is 0.169. The summed E-state index contributed by atoms with van der Waals surface area (Å²) in [5, 5.41) is 11.7. The molecule has 2 aromatic carbocycles. The van der Waals surface area contributed by atoms with E-state index < -0.39 is 23.7 Å². The number of nitrogens with zero attached hydrogens (tertiary/aromatic N) is 2. The lowest BCUT2D eigenvalue weighted by Gasteiger charge is -2.23. The highest BCUT2D eigenvalue weighted by atomic mass is 32.1. The van der Waals surface area contributed by atoms with E-state index in [-0.39, 0.29) is 34.1 Å². The van der Waals surface area contributed by atoms with Gasteiger partial charge in [-0.25, -0.2) is 9.78 Å². The molecule has 1 aromatic heterocycles. The van der Waals surface area contributed by atoms with Gasteiger partial charge in [0.2, 0.25) is 0 Å². The predicted molar refractivity (Wildman–Crippen MR) is 150 cm³/mol. The van der Waals surface area contributed by atoms with E-state index in [1.165, 1.54) is 4.90 Å². The van der Waals surface area contributed by atoms with Crippen LogP contribution < -0.4 is 14.4 Å². The number of hydrogen-bond donors (Lipinski definition) is 1. The number of carbonyl (C=O) groups excluding carboxylic acids is 3. The first-order valence-electron chi connectivity index (χ1n) is 13.2. The second kappa shape index (κ2) is 11.1. The van der Waals surface area contributed by atoms with Crippen LogP contribution in [0.1, 0.15) is 65.3 Å². The lowest BCUT2D eigenvalue weighted by molar-refractivity contribution is -0.132. The highest BCUT2D eigenvalue weighted by Gasteiger charge is 2.48. The minimum absolute atomic E-state index is 0.00516. The van der Waals surface area contributed by atoms with E-state index in [1.54, 1.807) is 56.3 Å². The second-order valence-electron chi connectivity index (χ2n) is 9.68. The van der Waals surface area contributed by atoms with Crippen LogP contribution in [0.2, 0.25) is 0 Å². The Labute approximate surface area is 236 Å². The molecular weight excluding hydrogens is 532 g/mol. The molecule has 1 amide bonds. The average molecular weight is 563 g/mol. The Hall–Kier alpha value is -4.18. The zero-order chi connectivity index (χ0) is 28.6. The summed E-state index contributed by atoms with van der Waals surface area (Å²) in [5.41, 5.74) is 2.17. The normalized spacial score (nSPS) is 19.4. The molecule has 0 radical (unpaired) electrons. The Morgan fingerprint density at radius 3 is 2.75 bits per heavy atom. The van der Waals surface area contributed by atoms with Crippen molar-refractivity contribution in [3.63, 3.8) is 0 Å².